The Kier molecular flexibility index (Phi) is 7.61. The van der Waals surface area contributed by atoms with Gasteiger partial charge in [0.1, 0.15) is 10.8 Å². The van der Waals surface area contributed by atoms with Crippen molar-refractivity contribution < 1.29 is 14.1 Å². The number of hydrogen-bond acceptors (Lipinski definition) is 3. The van der Waals surface area contributed by atoms with Crippen molar-refractivity contribution >= 4 is 28.6 Å². The van der Waals surface area contributed by atoms with Crippen LogP contribution in [0.1, 0.15) is 30.6 Å². The summed E-state index contributed by atoms with van der Waals surface area (Å²) >= 11 is 1.42. The Hall–Kier alpha value is -2.44. The fourth-order valence-corrected chi connectivity index (χ4v) is 4.09. The molecule has 2 N–H and O–H groups in total. The second-order valence-corrected chi connectivity index (χ2v) is 7.99. The van der Waals surface area contributed by atoms with Crippen LogP contribution in [0.2, 0.25) is 0 Å². The molecule has 1 amide bonds. The van der Waals surface area contributed by atoms with Crippen molar-refractivity contribution in [1.82, 2.24) is 10.3 Å². The molecule has 0 bridgehead atoms. The van der Waals surface area contributed by atoms with Crippen LogP contribution in [0.25, 0.3) is 10.9 Å². The summed E-state index contributed by atoms with van der Waals surface area (Å²) < 4.78 is 13.2. The Labute approximate surface area is 175 Å². The first-order valence-corrected chi connectivity index (χ1v) is 10.9. The number of para-hydroxylation sites is 1. The SMILES string of the molecule is CC[NH+](CC)CCCNC(=O)c1cc(Sc2ccc(F)cc2)nc2ccccc12. The Morgan fingerprint density at radius 1 is 1.10 bits per heavy atom. The van der Waals surface area contributed by atoms with E-state index in [0.717, 1.165) is 41.9 Å². The number of pyridine rings is 1. The number of amides is 1. The van der Waals surface area contributed by atoms with Gasteiger partial charge in [0.2, 0.25) is 0 Å². The molecule has 1 heterocycles. The molecule has 0 spiro atoms. The summed E-state index contributed by atoms with van der Waals surface area (Å²) in [5.41, 5.74) is 1.40. The van der Waals surface area contributed by atoms with Crippen LogP contribution < -0.4 is 10.2 Å². The van der Waals surface area contributed by atoms with Gasteiger partial charge in [-0.15, -0.1) is 0 Å². The van der Waals surface area contributed by atoms with Crippen LogP contribution in [0.4, 0.5) is 4.39 Å². The summed E-state index contributed by atoms with van der Waals surface area (Å²) in [5.74, 6) is -0.355. The summed E-state index contributed by atoms with van der Waals surface area (Å²) in [4.78, 5) is 20.0. The van der Waals surface area contributed by atoms with Crippen molar-refractivity contribution in [2.75, 3.05) is 26.2 Å². The van der Waals surface area contributed by atoms with Gasteiger partial charge in [-0.1, -0.05) is 30.0 Å². The van der Waals surface area contributed by atoms with Gasteiger partial charge < -0.3 is 10.2 Å². The molecule has 152 valence electrons. The molecular weight excluding hydrogens is 385 g/mol. The number of hydrogen-bond donors (Lipinski definition) is 2. The smallest absolute Gasteiger partial charge is 0.252 e. The minimum absolute atomic E-state index is 0.0842. The predicted octanol–water partition coefficient (Wildman–Crippen LogP) is 3.57. The van der Waals surface area contributed by atoms with Gasteiger partial charge in [0, 0.05) is 23.2 Å². The summed E-state index contributed by atoms with van der Waals surface area (Å²) in [5, 5.41) is 4.61. The van der Waals surface area contributed by atoms with Gasteiger partial charge in [0.25, 0.3) is 5.91 Å². The normalized spacial score (nSPS) is 11.2. The Morgan fingerprint density at radius 2 is 1.83 bits per heavy atom. The lowest BCUT2D eigenvalue weighted by Crippen LogP contribution is -3.11. The second-order valence-electron chi connectivity index (χ2n) is 6.90. The van der Waals surface area contributed by atoms with Crippen molar-refractivity contribution in [1.29, 1.82) is 0 Å². The molecular formula is C23H27FN3OS+. The van der Waals surface area contributed by atoms with E-state index in [2.05, 4.69) is 24.1 Å². The number of fused-ring (bicyclic) bond motifs is 1. The van der Waals surface area contributed by atoms with Gasteiger partial charge in [-0.05, 0) is 50.2 Å². The number of quaternary nitrogens is 1. The number of nitrogens with zero attached hydrogens (tertiary/aromatic N) is 1. The third kappa shape index (κ3) is 5.78. The number of rotatable bonds is 9. The molecule has 3 aromatic rings. The number of nitrogens with one attached hydrogen (secondary N) is 2. The third-order valence-corrected chi connectivity index (χ3v) is 5.89. The van der Waals surface area contributed by atoms with Crippen LogP contribution in [0.15, 0.2) is 64.5 Å². The molecule has 0 atom stereocenters. The summed E-state index contributed by atoms with van der Waals surface area (Å²) in [6.07, 6.45) is 0.947. The average molecular weight is 413 g/mol. The van der Waals surface area contributed by atoms with E-state index in [4.69, 9.17) is 0 Å². The van der Waals surface area contributed by atoms with Crippen LogP contribution in [0.3, 0.4) is 0 Å². The molecule has 2 aromatic carbocycles. The van der Waals surface area contributed by atoms with Gasteiger partial charge in [-0.3, -0.25) is 4.79 Å². The van der Waals surface area contributed by atoms with Crippen LogP contribution in [0, 0.1) is 5.82 Å². The van der Waals surface area contributed by atoms with E-state index in [1.807, 2.05) is 30.3 Å². The topological polar surface area (TPSA) is 46.4 Å². The molecule has 3 rings (SSSR count). The maximum Gasteiger partial charge on any atom is 0.252 e. The van der Waals surface area contributed by atoms with Gasteiger partial charge in [-0.2, -0.15) is 0 Å². The predicted molar refractivity (Wildman–Crippen MR) is 116 cm³/mol. The standard InChI is InChI=1S/C23H26FN3OS/c1-3-27(4-2)15-7-14-25-23(28)20-16-22(26-21-9-6-5-8-19(20)21)29-18-12-10-17(24)11-13-18/h5-6,8-13,16H,3-4,7,14-15H2,1-2H3,(H,25,28)/p+1. The molecule has 1 aromatic heterocycles. The quantitative estimate of drug-likeness (QED) is 0.528. The maximum absolute atomic E-state index is 13.2. The van der Waals surface area contributed by atoms with Gasteiger partial charge in [0.05, 0.1) is 30.7 Å². The summed E-state index contributed by atoms with van der Waals surface area (Å²) in [6.45, 7) is 8.27. The highest BCUT2D eigenvalue weighted by Crippen LogP contribution is 2.29. The monoisotopic (exact) mass is 412 g/mol. The molecule has 0 fully saturated rings. The lowest BCUT2D eigenvalue weighted by atomic mass is 10.1. The molecule has 6 heteroatoms. The molecule has 0 aliphatic carbocycles. The number of benzene rings is 2. The largest absolute Gasteiger partial charge is 0.352 e. The third-order valence-electron chi connectivity index (χ3n) is 4.97. The number of halogens is 1. The highest BCUT2D eigenvalue weighted by atomic mass is 32.2. The molecule has 0 unspecified atom stereocenters. The minimum Gasteiger partial charge on any atom is -0.352 e. The lowest BCUT2D eigenvalue weighted by molar-refractivity contribution is -0.896. The molecule has 0 aliphatic heterocycles. The van der Waals surface area contributed by atoms with Crippen molar-refractivity contribution in [3.05, 3.63) is 66.0 Å². The van der Waals surface area contributed by atoms with Crippen molar-refractivity contribution in [3.63, 3.8) is 0 Å². The first-order valence-electron chi connectivity index (χ1n) is 10.1. The lowest BCUT2D eigenvalue weighted by Gasteiger charge is -2.15. The van der Waals surface area contributed by atoms with Crippen LogP contribution in [0.5, 0.6) is 0 Å². The van der Waals surface area contributed by atoms with Gasteiger partial charge >= 0.3 is 0 Å². The second kappa shape index (κ2) is 10.4. The fourth-order valence-electron chi connectivity index (χ4n) is 3.25. The van der Waals surface area contributed by atoms with E-state index in [1.54, 1.807) is 12.1 Å². The number of aromatic nitrogens is 1. The van der Waals surface area contributed by atoms with E-state index >= 15 is 0 Å². The highest BCUT2D eigenvalue weighted by molar-refractivity contribution is 7.99. The first kappa shape index (κ1) is 21.3. The van der Waals surface area contributed by atoms with E-state index in [0.29, 0.717) is 17.1 Å². The fraction of sp³-hybridized carbons (Fsp3) is 0.304. The highest BCUT2D eigenvalue weighted by Gasteiger charge is 2.14. The summed E-state index contributed by atoms with van der Waals surface area (Å²) in [6, 6.07) is 15.8. The Balaban J connectivity index is 1.76. The average Bonchev–Trinajstić information content (AvgIpc) is 2.75. The van der Waals surface area contributed by atoms with Gasteiger partial charge in [0.15, 0.2) is 0 Å². The van der Waals surface area contributed by atoms with E-state index < -0.39 is 0 Å². The van der Waals surface area contributed by atoms with Crippen LogP contribution in [-0.2, 0) is 0 Å². The minimum atomic E-state index is -0.271. The van der Waals surface area contributed by atoms with E-state index in [9.17, 15) is 9.18 Å². The van der Waals surface area contributed by atoms with E-state index in [1.165, 1.54) is 28.8 Å². The van der Waals surface area contributed by atoms with E-state index in [-0.39, 0.29) is 11.7 Å². The molecule has 0 radical (unpaired) electrons. The Morgan fingerprint density at radius 3 is 2.55 bits per heavy atom. The molecule has 0 aliphatic rings. The maximum atomic E-state index is 13.2. The molecule has 4 nitrogen and oxygen atoms in total. The molecule has 29 heavy (non-hydrogen) atoms. The zero-order chi connectivity index (χ0) is 20.6. The first-order chi connectivity index (χ1) is 14.1. The van der Waals surface area contributed by atoms with Crippen LogP contribution >= 0.6 is 11.8 Å². The zero-order valence-corrected chi connectivity index (χ0v) is 17.7. The van der Waals surface area contributed by atoms with Crippen molar-refractivity contribution in [2.24, 2.45) is 0 Å². The number of carbonyl (C=O) groups excluding carboxylic acids is 1. The Bertz CT molecular complexity index is 958. The molecule has 0 saturated heterocycles. The van der Waals surface area contributed by atoms with Gasteiger partial charge in [-0.25, -0.2) is 9.37 Å². The number of carbonyl (C=O) groups is 1. The molecule has 0 saturated carbocycles. The summed E-state index contributed by atoms with van der Waals surface area (Å²) in [7, 11) is 0. The van der Waals surface area contributed by atoms with Crippen molar-refractivity contribution in [2.45, 2.75) is 30.2 Å². The van der Waals surface area contributed by atoms with Crippen molar-refractivity contribution in [3.8, 4) is 0 Å². The zero-order valence-electron chi connectivity index (χ0n) is 16.9. The van der Waals surface area contributed by atoms with Crippen LogP contribution in [-0.4, -0.2) is 37.1 Å².